The standard InChI is InChI=1S/C13H24N2O/c1-4-13(2,3)12(16)15-8-10-6-5-7-14-11(10)9-15/h10-11,14H,4-9H2,1-3H3/t10-,11+/m0/s1. The lowest BCUT2D eigenvalue weighted by Crippen LogP contribution is -2.42. The molecule has 3 nitrogen and oxygen atoms in total. The van der Waals surface area contributed by atoms with E-state index in [4.69, 9.17) is 0 Å². The van der Waals surface area contributed by atoms with Crippen LogP contribution in [0.2, 0.25) is 0 Å². The minimum Gasteiger partial charge on any atom is -0.340 e. The van der Waals surface area contributed by atoms with Gasteiger partial charge in [-0.05, 0) is 31.7 Å². The van der Waals surface area contributed by atoms with Crippen LogP contribution in [0.4, 0.5) is 0 Å². The molecule has 2 aliphatic rings. The van der Waals surface area contributed by atoms with E-state index in [-0.39, 0.29) is 5.41 Å². The first-order valence-electron chi connectivity index (χ1n) is 6.57. The summed E-state index contributed by atoms with van der Waals surface area (Å²) < 4.78 is 0. The fourth-order valence-electron chi connectivity index (χ4n) is 2.79. The molecule has 2 fully saturated rings. The lowest BCUT2D eigenvalue weighted by molar-refractivity contribution is -0.139. The summed E-state index contributed by atoms with van der Waals surface area (Å²) in [5.74, 6) is 1.04. The molecule has 2 rings (SSSR count). The van der Waals surface area contributed by atoms with Gasteiger partial charge < -0.3 is 10.2 Å². The summed E-state index contributed by atoms with van der Waals surface area (Å²) in [5, 5.41) is 3.54. The molecule has 0 aliphatic carbocycles. The van der Waals surface area contributed by atoms with E-state index in [1.54, 1.807) is 0 Å². The Morgan fingerprint density at radius 3 is 2.81 bits per heavy atom. The van der Waals surface area contributed by atoms with Crippen molar-refractivity contribution in [3.05, 3.63) is 0 Å². The fraction of sp³-hybridized carbons (Fsp3) is 0.923. The van der Waals surface area contributed by atoms with E-state index in [1.165, 1.54) is 12.8 Å². The van der Waals surface area contributed by atoms with Gasteiger partial charge in [-0.15, -0.1) is 0 Å². The Morgan fingerprint density at radius 2 is 2.19 bits per heavy atom. The van der Waals surface area contributed by atoms with Gasteiger partial charge in [0.15, 0.2) is 0 Å². The van der Waals surface area contributed by atoms with Crippen molar-refractivity contribution in [1.82, 2.24) is 10.2 Å². The van der Waals surface area contributed by atoms with E-state index in [0.717, 1.165) is 26.1 Å². The Balaban J connectivity index is 2.00. The molecule has 2 atom stereocenters. The number of hydrogen-bond donors (Lipinski definition) is 1. The molecule has 0 saturated carbocycles. The zero-order valence-corrected chi connectivity index (χ0v) is 10.8. The van der Waals surface area contributed by atoms with Gasteiger partial charge in [0.25, 0.3) is 0 Å². The number of rotatable bonds is 2. The number of fused-ring (bicyclic) bond motifs is 1. The molecule has 2 aliphatic heterocycles. The summed E-state index contributed by atoms with van der Waals surface area (Å²) in [6, 6.07) is 0.561. The molecule has 92 valence electrons. The van der Waals surface area contributed by atoms with Crippen LogP contribution in [0.25, 0.3) is 0 Å². The van der Waals surface area contributed by atoms with Crippen LogP contribution in [0.1, 0.15) is 40.0 Å². The van der Waals surface area contributed by atoms with Crippen molar-refractivity contribution >= 4 is 5.91 Å². The van der Waals surface area contributed by atoms with Crippen molar-refractivity contribution in [2.45, 2.75) is 46.1 Å². The monoisotopic (exact) mass is 224 g/mol. The molecule has 0 bridgehead atoms. The van der Waals surface area contributed by atoms with Gasteiger partial charge in [0, 0.05) is 24.5 Å². The third-order valence-electron chi connectivity index (χ3n) is 4.35. The predicted molar refractivity (Wildman–Crippen MR) is 65.2 cm³/mol. The summed E-state index contributed by atoms with van der Waals surface area (Å²) in [7, 11) is 0. The molecular formula is C13H24N2O. The van der Waals surface area contributed by atoms with Crippen LogP contribution in [0.3, 0.4) is 0 Å². The van der Waals surface area contributed by atoms with Gasteiger partial charge in [0.05, 0.1) is 0 Å². The molecular weight excluding hydrogens is 200 g/mol. The van der Waals surface area contributed by atoms with Crippen molar-refractivity contribution in [3.63, 3.8) is 0 Å². The molecule has 16 heavy (non-hydrogen) atoms. The fourth-order valence-corrected chi connectivity index (χ4v) is 2.79. The van der Waals surface area contributed by atoms with Crippen LogP contribution in [0.5, 0.6) is 0 Å². The van der Waals surface area contributed by atoms with Crippen molar-refractivity contribution in [3.8, 4) is 0 Å². The van der Waals surface area contributed by atoms with Crippen LogP contribution >= 0.6 is 0 Å². The first-order chi connectivity index (χ1) is 7.54. The summed E-state index contributed by atoms with van der Waals surface area (Å²) in [5.41, 5.74) is -0.187. The van der Waals surface area contributed by atoms with Crippen LogP contribution in [-0.4, -0.2) is 36.5 Å². The van der Waals surface area contributed by atoms with Crippen molar-refractivity contribution < 1.29 is 4.79 Å². The zero-order valence-electron chi connectivity index (χ0n) is 10.8. The summed E-state index contributed by atoms with van der Waals surface area (Å²) in [6.07, 6.45) is 3.47. The van der Waals surface area contributed by atoms with Gasteiger partial charge in [-0.3, -0.25) is 4.79 Å². The second-order valence-electron chi connectivity index (χ2n) is 5.91. The smallest absolute Gasteiger partial charge is 0.228 e. The number of piperidine rings is 1. The normalized spacial score (nSPS) is 30.3. The van der Waals surface area contributed by atoms with Crippen LogP contribution < -0.4 is 5.32 Å². The maximum Gasteiger partial charge on any atom is 0.228 e. The third kappa shape index (κ3) is 2.10. The first kappa shape index (κ1) is 11.9. The molecule has 0 spiro atoms. The Labute approximate surface area is 98.6 Å². The summed E-state index contributed by atoms with van der Waals surface area (Å²) in [4.78, 5) is 14.4. The lowest BCUT2D eigenvalue weighted by atomic mass is 9.88. The van der Waals surface area contributed by atoms with Gasteiger partial charge in [0.1, 0.15) is 0 Å². The molecule has 0 aromatic rings. The molecule has 3 heteroatoms. The van der Waals surface area contributed by atoms with Crippen molar-refractivity contribution in [2.75, 3.05) is 19.6 Å². The Kier molecular flexibility index (Phi) is 3.24. The molecule has 0 unspecified atom stereocenters. The first-order valence-corrected chi connectivity index (χ1v) is 6.57. The van der Waals surface area contributed by atoms with E-state index < -0.39 is 0 Å². The number of likely N-dealkylation sites (tertiary alicyclic amines) is 1. The number of carbonyl (C=O) groups is 1. The highest BCUT2D eigenvalue weighted by molar-refractivity contribution is 5.82. The van der Waals surface area contributed by atoms with E-state index in [2.05, 4.69) is 31.0 Å². The minimum absolute atomic E-state index is 0.187. The second kappa shape index (κ2) is 4.36. The topological polar surface area (TPSA) is 32.3 Å². The van der Waals surface area contributed by atoms with Crippen molar-refractivity contribution in [2.24, 2.45) is 11.3 Å². The predicted octanol–water partition coefficient (Wildman–Crippen LogP) is 1.63. The van der Waals surface area contributed by atoms with Gasteiger partial charge in [-0.25, -0.2) is 0 Å². The van der Waals surface area contributed by atoms with Gasteiger partial charge in [-0.1, -0.05) is 20.8 Å². The molecule has 2 heterocycles. The molecule has 0 aromatic carbocycles. The quantitative estimate of drug-likeness (QED) is 0.773. The zero-order chi connectivity index (χ0) is 11.8. The van der Waals surface area contributed by atoms with E-state index in [1.807, 2.05) is 0 Å². The Morgan fingerprint density at radius 1 is 1.44 bits per heavy atom. The average Bonchev–Trinajstić information content (AvgIpc) is 2.71. The largest absolute Gasteiger partial charge is 0.340 e. The minimum atomic E-state index is -0.187. The summed E-state index contributed by atoms with van der Waals surface area (Å²) >= 11 is 0. The number of carbonyl (C=O) groups excluding carboxylic acids is 1. The highest BCUT2D eigenvalue weighted by atomic mass is 16.2. The number of amides is 1. The van der Waals surface area contributed by atoms with Gasteiger partial charge in [0.2, 0.25) is 5.91 Å². The third-order valence-corrected chi connectivity index (χ3v) is 4.35. The molecule has 2 saturated heterocycles. The van der Waals surface area contributed by atoms with Crippen LogP contribution in [0, 0.1) is 11.3 Å². The second-order valence-corrected chi connectivity index (χ2v) is 5.91. The Bertz CT molecular complexity index is 261. The van der Waals surface area contributed by atoms with Crippen LogP contribution in [-0.2, 0) is 4.79 Å². The Hall–Kier alpha value is -0.570. The van der Waals surface area contributed by atoms with E-state index in [0.29, 0.717) is 17.9 Å². The van der Waals surface area contributed by atoms with Gasteiger partial charge in [-0.2, -0.15) is 0 Å². The maximum absolute atomic E-state index is 12.3. The van der Waals surface area contributed by atoms with Crippen molar-refractivity contribution in [1.29, 1.82) is 0 Å². The average molecular weight is 224 g/mol. The summed E-state index contributed by atoms with van der Waals surface area (Å²) in [6.45, 7) is 9.24. The highest BCUT2D eigenvalue weighted by Crippen LogP contribution is 2.30. The molecule has 0 radical (unpaired) electrons. The SMILES string of the molecule is CCC(C)(C)C(=O)N1C[C@@H]2CCCN[C@@H]2C1. The number of nitrogens with one attached hydrogen (secondary N) is 1. The molecule has 1 amide bonds. The molecule has 1 N–H and O–H groups in total. The van der Waals surface area contributed by atoms with Gasteiger partial charge >= 0.3 is 0 Å². The lowest BCUT2D eigenvalue weighted by Gasteiger charge is -2.28. The van der Waals surface area contributed by atoms with E-state index >= 15 is 0 Å². The highest BCUT2D eigenvalue weighted by Gasteiger charge is 2.40. The maximum atomic E-state index is 12.3. The molecule has 0 aromatic heterocycles. The number of hydrogen-bond acceptors (Lipinski definition) is 2. The van der Waals surface area contributed by atoms with E-state index in [9.17, 15) is 4.79 Å². The number of nitrogens with zero attached hydrogens (tertiary/aromatic N) is 1. The van der Waals surface area contributed by atoms with Crippen LogP contribution in [0.15, 0.2) is 0 Å².